The predicted octanol–water partition coefficient (Wildman–Crippen LogP) is 2.80. The number of hydrogen-bond donors (Lipinski definition) is 2. The lowest BCUT2D eigenvalue weighted by molar-refractivity contribution is 0.0999. The Kier molecular flexibility index (Phi) is 8.34. The van der Waals surface area contributed by atoms with Gasteiger partial charge in [-0.15, -0.1) is 0 Å². The third-order valence-corrected chi connectivity index (χ3v) is 3.75. The molecule has 0 saturated carbocycles. The Hall–Kier alpha value is -1.00. The minimum Gasteiger partial charge on any atom is -0.366 e. The van der Waals surface area contributed by atoms with E-state index in [4.69, 9.17) is 5.73 Å². The van der Waals surface area contributed by atoms with Gasteiger partial charge in [0.05, 0.1) is 0 Å². The molecule has 4 heteroatoms. The van der Waals surface area contributed by atoms with Crippen molar-refractivity contribution in [3.8, 4) is 0 Å². The molecule has 106 valence electrons. The zero-order valence-corrected chi connectivity index (χ0v) is 12.5. The first-order chi connectivity index (χ1) is 9.25. The molecule has 0 bridgehead atoms. The van der Waals surface area contributed by atoms with E-state index in [-0.39, 0.29) is 5.91 Å². The highest BCUT2D eigenvalue weighted by atomic mass is 32.2. The molecule has 1 amide bonds. The second-order valence-electron chi connectivity index (χ2n) is 4.61. The third kappa shape index (κ3) is 6.64. The smallest absolute Gasteiger partial charge is 0.249 e. The van der Waals surface area contributed by atoms with Crippen molar-refractivity contribution in [2.45, 2.75) is 32.2 Å². The fraction of sp³-hybridized carbons (Fsp3) is 0.533. The van der Waals surface area contributed by atoms with Crippen LogP contribution < -0.4 is 11.1 Å². The molecule has 19 heavy (non-hydrogen) atoms. The first-order valence-electron chi connectivity index (χ1n) is 6.83. The molecule has 3 N–H and O–H groups in total. The van der Waals surface area contributed by atoms with E-state index in [0.717, 1.165) is 12.1 Å². The Labute approximate surface area is 120 Å². The highest BCUT2D eigenvalue weighted by Crippen LogP contribution is 2.08. The van der Waals surface area contributed by atoms with Gasteiger partial charge in [0, 0.05) is 12.1 Å². The Bertz CT molecular complexity index is 382. The van der Waals surface area contributed by atoms with Gasteiger partial charge in [-0.05, 0) is 43.0 Å². The number of nitrogens with one attached hydrogen (secondary N) is 1. The molecule has 1 aromatic rings. The summed E-state index contributed by atoms with van der Waals surface area (Å²) < 4.78 is 0. The highest BCUT2D eigenvalue weighted by molar-refractivity contribution is 7.98. The van der Waals surface area contributed by atoms with E-state index in [1.807, 2.05) is 30.0 Å². The van der Waals surface area contributed by atoms with Gasteiger partial charge in [0.1, 0.15) is 0 Å². The van der Waals surface area contributed by atoms with Crippen LogP contribution in [0.25, 0.3) is 0 Å². The number of rotatable bonds is 10. The number of carbonyl (C=O) groups excluding carboxylic acids is 1. The number of carbonyl (C=O) groups is 1. The molecule has 1 aromatic carbocycles. The van der Waals surface area contributed by atoms with E-state index in [0.29, 0.717) is 12.1 Å². The van der Waals surface area contributed by atoms with Gasteiger partial charge in [-0.3, -0.25) is 4.79 Å². The van der Waals surface area contributed by atoms with Gasteiger partial charge >= 0.3 is 0 Å². The van der Waals surface area contributed by atoms with Crippen LogP contribution in [0.2, 0.25) is 0 Å². The van der Waals surface area contributed by atoms with E-state index < -0.39 is 0 Å². The van der Waals surface area contributed by atoms with Crippen molar-refractivity contribution in [1.29, 1.82) is 0 Å². The third-order valence-electron chi connectivity index (χ3n) is 3.05. The maximum absolute atomic E-state index is 11.2. The number of unbranched alkanes of at least 4 members (excludes halogenated alkanes) is 3. The number of primary amides is 1. The van der Waals surface area contributed by atoms with Gasteiger partial charge in [-0.25, -0.2) is 0 Å². The number of amides is 1. The maximum Gasteiger partial charge on any atom is 0.249 e. The number of thioether (sulfide) groups is 1. The molecule has 0 atom stereocenters. The molecular weight excluding hydrogens is 256 g/mol. The molecule has 0 aliphatic rings. The van der Waals surface area contributed by atoms with Gasteiger partial charge in [0.15, 0.2) is 0 Å². The number of nitrogens with two attached hydrogens (primary N) is 1. The van der Waals surface area contributed by atoms with E-state index in [1.54, 1.807) is 6.07 Å². The average Bonchev–Trinajstić information content (AvgIpc) is 2.42. The van der Waals surface area contributed by atoms with Crippen LogP contribution in [0.3, 0.4) is 0 Å². The fourth-order valence-electron chi connectivity index (χ4n) is 1.99. The van der Waals surface area contributed by atoms with Gasteiger partial charge in [0.2, 0.25) is 5.91 Å². The van der Waals surface area contributed by atoms with E-state index in [1.165, 1.54) is 31.4 Å². The summed E-state index contributed by atoms with van der Waals surface area (Å²) in [6.07, 6.45) is 7.22. The molecule has 0 unspecified atom stereocenters. The zero-order valence-electron chi connectivity index (χ0n) is 11.7. The topological polar surface area (TPSA) is 55.1 Å². The second-order valence-corrected chi connectivity index (χ2v) is 5.59. The highest BCUT2D eigenvalue weighted by Gasteiger charge is 2.05. The minimum atomic E-state index is -0.352. The largest absolute Gasteiger partial charge is 0.366 e. The molecule has 0 heterocycles. The van der Waals surface area contributed by atoms with Gasteiger partial charge < -0.3 is 11.1 Å². The van der Waals surface area contributed by atoms with Crippen molar-refractivity contribution in [3.05, 3.63) is 35.4 Å². The summed E-state index contributed by atoms with van der Waals surface area (Å²) in [4.78, 5) is 11.2. The van der Waals surface area contributed by atoms with Gasteiger partial charge in [-0.2, -0.15) is 11.8 Å². The van der Waals surface area contributed by atoms with E-state index >= 15 is 0 Å². The van der Waals surface area contributed by atoms with Crippen molar-refractivity contribution >= 4 is 17.7 Å². The lowest BCUT2D eigenvalue weighted by atomic mass is 10.1. The van der Waals surface area contributed by atoms with Crippen LogP contribution >= 0.6 is 11.8 Å². The molecule has 3 nitrogen and oxygen atoms in total. The molecular formula is C15H24N2OS. The minimum absolute atomic E-state index is 0.352. The molecule has 0 aliphatic heterocycles. The first-order valence-corrected chi connectivity index (χ1v) is 8.22. The average molecular weight is 280 g/mol. The van der Waals surface area contributed by atoms with Gasteiger partial charge in [-0.1, -0.05) is 31.0 Å². The summed E-state index contributed by atoms with van der Waals surface area (Å²) >= 11 is 1.91. The number of hydrogen-bond acceptors (Lipinski definition) is 3. The van der Waals surface area contributed by atoms with Crippen LogP contribution in [-0.4, -0.2) is 24.5 Å². The Morgan fingerprint density at radius 1 is 1.21 bits per heavy atom. The number of benzene rings is 1. The van der Waals surface area contributed by atoms with Crippen molar-refractivity contribution in [2.24, 2.45) is 5.73 Å². The summed E-state index contributed by atoms with van der Waals surface area (Å²) in [5, 5.41) is 3.37. The van der Waals surface area contributed by atoms with Crippen molar-refractivity contribution < 1.29 is 4.79 Å². The zero-order chi connectivity index (χ0) is 13.9. The SMILES string of the molecule is CSCCCCCCNCc1ccccc1C(N)=O. The Balaban J connectivity index is 2.17. The second kappa shape index (κ2) is 9.87. The summed E-state index contributed by atoms with van der Waals surface area (Å²) in [6, 6.07) is 7.51. The predicted molar refractivity (Wildman–Crippen MR) is 83.5 cm³/mol. The molecule has 0 aromatic heterocycles. The van der Waals surface area contributed by atoms with Crippen molar-refractivity contribution in [3.63, 3.8) is 0 Å². The van der Waals surface area contributed by atoms with Gasteiger partial charge in [0.25, 0.3) is 0 Å². The van der Waals surface area contributed by atoms with E-state index in [2.05, 4.69) is 11.6 Å². The standard InChI is InChI=1S/C15H24N2OS/c1-19-11-7-3-2-6-10-17-12-13-8-4-5-9-14(13)15(16)18/h4-5,8-9,17H,2-3,6-7,10-12H2,1H3,(H2,16,18). The van der Waals surface area contributed by atoms with Crippen LogP contribution in [0.5, 0.6) is 0 Å². The molecule has 0 spiro atoms. The van der Waals surface area contributed by atoms with Crippen LogP contribution in [0.4, 0.5) is 0 Å². The first kappa shape index (κ1) is 16.1. The molecule has 1 rings (SSSR count). The summed E-state index contributed by atoms with van der Waals surface area (Å²) in [7, 11) is 0. The molecule has 0 fully saturated rings. The monoisotopic (exact) mass is 280 g/mol. The van der Waals surface area contributed by atoms with E-state index in [9.17, 15) is 4.79 Å². The quantitative estimate of drug-likeness (QED) is 0.648. The fourth-order valence-corrected chi connectivity index (χ4v) is 2.48. The summed E-state index contributed by atoms with van der Waals surface area (Å²) in [5.74, 6) is 0.911. The Morgan fingerprint density at radius 3 is 2.68 bits per heavy atom. The molecule has 0 aliphatic carbocycles. The van der Waals surface area contributed by atoms with Crippen LogP contribution in [0.1, 0.15) is 41.6 Å². The summed E-state index contributed by atoms with van der Waals surface area (Å²) in [5.41, 5.74) is 6.95. The summed E-state index contributed by atoms with van der Waals surface area (Å²) in [6.45, 7) is 1.70. The van der Waals surface area contributed by atoms with Crippen LogP contribution in [0, 0.1) is 0 Å². The normalized spacial score (nSPS) is 10.6. The Morgan fingerprint density at radius 2 is 1.95 bits per heavy atom. The molecule has 0 saturated heterocycles. The van der Waals surface area contributed by atoms with Crippen LogP contribution in [0.15, 0.2) is 24.3 Å². The maximum atomic E-state index is 11.2. The van der Waals surface area contributed by atoms with Crippen molar-refractivity contribution in [2.75, 3.05) is 18.6 Å². The lowest BCUT2D eigenvalue weighted by Crippen LogP contribution is -2.19. The lowest BCUT2D eigenvalue weighted by Gasteiger charge is -2.08. The van der Waals surface area contributed by atoms with Crippen LogP contribution in [-0.2, 0) is 6.54 Å². The molecule has 0 radical (unpaired) electrons. The van der Waals surface area contributed by atoms with Crippen molar-refractivity contribution in [1.82, 2.24) is 5.32 Å².